The van der Waals surface area contributed by atoms with Crippen molar-refractivity contribution in [1.82, 2.24) is 0 Å². The zero-order valence-corrected chi connectivity index (χ0v) is 16.5. The number of hydrogen-bond donors (Lipinski definition) is 5. The lowest BCUT2D eigenvalue weighted by molar-refractivity contribution is -0.226. The van der Waals surface area contributed by atoms with Crippen LogP contribution >= 0.6 is 0 Å². The Labute approximate surface area is 180 Å². The first-order chi connectivity index (χ1) is 15.4. The summed E-state index contributed by atoms with van der Waals surface area (Å²) in [6.45, 7) is -0.636. The van der Waals surface area contributed by atoms with Gasteiger partial charge >= 0.3 is 0 Å². The van der Waals surface area contributed by atoms with Crippen LogP contribution in [0.4, 0.5) is 5.69 Å². The minimum absolute atomic E-state index is 0.0109. The number of phenols is 1. The van der Waals surface area contributed by atoms with Crippen LogP contribution in [0.3, 0.4) is 0 Å². The molecule has 1 saturated heterocycles. The molecule has 10 nitrogen and oxygen atoms in total. The first kappa shape index (κ1) is 19.5. The molecule has 0 aromatic heterocycles. The largest absolute Gasteiger partial charge is 0.507 e. The Hall–Kier alpha value is -3.15. The van der Waals surface area contributed by atoms with E-state index in [1.165, 1.54) is 11.0 Å². The van der Waals surface area contributed by atoms with Gasteiger partial charge in [0, 0.05) is 16.2 Å². The monoisotopic (exact) mass is 441 g/mol. The van der Waals surface area contributed by atoms with Gasteiger partial charge < -0.3 is 39.7 Å². The van der Waals surface area contributed by atoms with Crippen molar-refractivity contribution in [2.24, 2.45) is 0 Å². The number of fused-ring (bicyclic) bond motifs is 4. The van der Waals surface area contributed by atoms with E-state index in [0.717, 1.165) is 0 Å². The third-order valence-electron chi connectivity index (χ3n) is 6.38. The lowest BCUT2D eigenvalue weighted by atomic mass is 9.96. The second-order valence-electron chi connectivity index (χ2n) is 8.07. The lowest BCUT2D eigenvalue weighted by Gasteiger charge is -2.43. The highest BCUT2D eigenvalue weighted by atomic mass is 16.7. The van der Waals surface area contributed by atoms with Crippen molar-refractivity contribution in [3.05, 3.63) is 35.9 Å². The van der Waals surface area contributed by atoms with Crippen LogP contribution in [-0.4, -0.2) is 75.5 Å². The number of nitrogens with zero attached hydrogens (tertiary/aromatic N) is 1. The number of aliphatic hydroxyl groups is 4. The maximum atomic E-state index is 13.5. The Morgan fingerprint density at radius 1 is 1.00 bits per heavy atom. The fourth-order valence-corrected chi connectivity index (χ4v) is 4.84. The number of amides is 1. The summed E-state index contributed by atoms with van der Waals surface area (Å²) in [4.78, 5) is 14.7. The molecule has 6 rings (SSSR count). The van der Waals surface area contributed by atoms with Gasteiger partial charge in [0.2, 0.25) is 6.79 Å². The molecule has 0 radical (unpaired) electrons. The van der Waals surface area contributed by atoms with Crippen LogP contribution in [0.15, 0.2) is 30.3 Å². The molecule has 5 N–H and O–H groups in total. The molecule has 1 fully saturated rings. The van der Waals surface area contributed by atoms with Crippen molar-refractivity contribution in [1.29, 1.82) is 0 Å². The van der Waals surface area contributed by atoms with Crippen LogP contribution < -0.4 is 14.4 Å². The van der Waals surface area contributed by atoms with Gasteiger partial charge in [-0.3, -0.25) is 9.69 Å². The molecular formula is C22H19NO9. The number of ether oxygens (including phenoxy) is 3. The Morgan fingerprint density at radius 3 is 2.59 bits per heavy atom. The van der Waals surface area contributed by atoms with Crippen LogP contribution in [0.2, 0.25) is 0 Å². The first-order valence-corrected chi connectivity index (χ1v) is 10.1. The molecule has 3 aromatic rings. The standard InChI is InChI=1S/C22H19NO9/c24-6-14-17(26)18(27)19(28)22(32-14)23-11-4-9-8(2-1-3-12(9)25)16-15(11)10(21(23)29)5-13-20(16)31-7-30-13/h1-5,14,17-19,22,24-28H,6-7H2/t14-,17-,18+,19-,22-/m1/s1. The normalized spacial score (nSPS) is 28.8. The molecule has 1 amide bonds. The summed E-state index contributed by atoms with van der Waals surface area (Å²) in [5.41, 5.74) is 0.609. The van der Waals surface area contributed by atoms with Crippen LogP contribution in [0.1, 0.15) is 10.4 Å². The first-order valence-electron chi connectivity index (χ1n) is 10.1. The molecule has 0 saturated carbocycles. The summed E-state index contributed by atoms with van der Waals surface area (Å²) in [5.74, 6) is 0.261. The van der Waals surface area contributed by atoms with E-state index in [9.17, 15) is 30.3 Å². The second-order valence-corrected chi connectivity index (χ2v) is 8.07. The van der Waals surface area contributed by atoms with Crippen molar-refractivity contribution in [3.63, 3.8) is 0 Å². The Morgan fingerprint density at radius 2 is 1.81 bits per heavy atom. The predicted molar refractivity (Wildman–Crippen MR) is 110 cm³/mol. The number of aromatic hydroxyl groups is 1. The Kier molecular flexibility index (Phi) is 4.07. The summed E-state index contributed by atoms with van der Waals surface area (Å²) in [6.07, 6.45) is -7.44. The summed E-state index contributed by atoms with van der Waals surface area (Å²) >= 11 is 0. The molecule has 5 atom stereocenters. The summed E-state index contributed by atoms with van der Waals surface area (Å²) in [5, 5.41) is 53.3. The van der Waals surface area contributed by atoms with Crippen molar-refractivity contribution in [2.75, 3.05) is 18.3 Å². The van der Waals surface area contributed by atoms with E-state index in [0.29, 0.717) is 38.7 Å². The molecule has 3 heterocycles. The molecule has 10 heteroatoms. The van der Waals surface area contributed by atoms with E-state index in [4.69, 9.17) is 14.2 Å². The number of phenolic OH excluding ortho intramolecular Hbond substituents is 1. The van der Waals surface area contributed by atoms with Gasteiger partial charge in [-0.05, 0) is 23.6 Å². The quantitative estimate of drug-likeness (QED) is 0.351. The predicted octanol–water partition coefficient (Wildman–Crippen LogP) is 0.187. The highest BCUT2D eigenvalue weighted by Gasteiger charge is 2.50. The van der Waals surface area contributed by atoms with Gasteiger partial charge in [-0.25, -0.2) is 0 Å². The smallest absolute Gasteiger partial charge is 0.261 e. The third kappa shape index (κ3) is 2.38. The van der Waals surface area contributed by atoms with Crippen LogP contribution in [0, 0.1) is 0 Å². The maximum absolute atomic E-state index is 13.5. The molecule has 0 aliphatic carbocycles. The van der Waals surface area contributed by atoms with Crippen molar-refractivity contribution in [2.45, 2.75) is 30.6 Å². The maximum Gasteiger partial charge on any atom is 0.261 e. The van der Waals surface area contributed by atoms with Gasteiger partial charge in [-0.1, -0.05) is 12.1 Å². The van der Waals surface area contributed by atoms with Crippen molar-refractivity contribution >= 4 is 33.1 Å². The summed E-state index contributed by atoms with van der Waals surface area (Å²) < 4.78 is 16.9. The molecule has 0 bridgehead atoms. The van der Waals surface area contributed by atoms with Gasteiger partial charge in [-0.15, -0.1) is 0 Å². The minimum Gasteiger partial charge on any atom is -0.507 e. The van der Waals surface area contributed by atoms with E-state index in [2.05, 4.69) is 0 Å². The fourth-order valence-electron chi connectivity index (χ4n) is 4.84. The lowest BCUT2D eigenvalue weighted by Crippen LogP contribution is -2.63. The number of rotatable bonds is 2. The van der Waals surface area contributed by atoms with Crippen LogP contribution in [0.25, 0.3) is 21.5 Å². The van der Waals surface area contributed by atoms with Gasteiger partial charge in [0.15, 0.2) is 17.7 Å². The topological polar surface area (TPSA) is 149 Å². The molecule has 0 unspecified atom stereocenters. The number of carbonyl (C=O) groups is 1. The van der Waals surface area contributed by atoms with E-state index in [-0.39, 0.29) is 18.1 Å². The molecule has 3 aliphatic heterocycles. The van der Waals surface area contributed by atoms with Crippen LogP contribution in [-0.2, 0) is 4.74 Å². The highest BCUT2D eigenvalue weighted by molar-refractivity contribution is 6.32. The van der Waals surface area contributed by atoms with E-state index >= 15 is 0 Å². The van der Waals surface area contributed by atoms with Crippen LogP contribution in [0.5, 0.6) is 17.2 Å². The van der Waals surface area contributed by atoms with Gasteiger partial charge in [0.1, 0.15) is 30.2 Å². The van der Waals surface area contributed by atoms with E-state index in [1.807, 2.05) is 0 Å². The zero-order chi connectivity index (χ0) is 22.3. The number of aliphatic hydroxyl groups excluding tert-OH is 4. The number of benzene rings is 3. The third-order valence-corrected chi connectivity index (χ3v) is 6.38. The van der Waals surface area contributed by atoms with E-state index < -0.39 is 43.2 Å². The molecular weight excluding hydrogens is 422 g/mol. The fraction of sp³-hybridized carbons (Fsp3) is 0.318. The van der Waals surface area contributed by atoms with Gasteiger partial charge in [0.05, 0.1) is 17.9 Å². The minimum atomic E-state index is -1.65. The number of anilines is 1. The Balaban J connectivity index is 1.63. The Bertz CT molecular complexity index is 1290. The SMILES string of the molecule is O=C1c2cc3c(c4c2c(cc2c(O)cccc24)N1[C@@H]1O[C@H](CO)[C@@H](O)[C@H](O)[C@H]1O)OCO3. The van der Waals surface area contributed by atoms with Gasteiger partial charge in [0.25, 0.3) is 5.91 Å². The van der Waals surface area contributed by atoms with Crippen molar-refractivity contribution in [3.8, 4) is 17.2 Å². The zero-order valence-electron chi connectivity index (χ0n) is 16.5. The molecule has 3 aromatic carbocycles. The second kappa shape index (κ2) is 6.67. The molecule has 166 valence electrons. The average molecular weight is 441 g/mol. The molecule has 3 aliphatic rings. The van der Waals surface area contributed by atoms with E-state index in [1.54, 1.807) is 24.3 Å². The average Bonchev–Trinajstić information content (AvgIpc) is 3.37. The van der Waals surface area contributed by atoms with Gasteiger partial charge in [-0.2, -0.15) is 0 Å². The number of carbonyl (C=O) groups excluding carboxylic acids is 1. The number of hydrogen-bond acceptors (Lipinski definition) is 9. The summed E-state index contributed by atoms with van der Waals surface area (Å²) in [6, 6.07) is 8.14. The molecule has 0 spiro atoms. The molecule has 32 heavy (non-hydrogen) atoms. The summed E-state index contributed by atoms with van der Waals surface area (Å²) in [7, 11) is 0. The van der Waals surface area contributed by atoms with Crippen molar-refractivity contribution < 1.29 is 44.5 Å². The highest BCUT2D eigenvalue weighted by Crippen LogP contribution is 2.52.